The molecule has 0 aliphatic heterocycles. The lowest BCUT2D eigenvalue weighted by molar-refractivity contribution is -0.385. The maximum Gasteiger partial charge on any atom is 0.272 e. The minimum absolute atomic E-state index is 0.0626. The van der Waals surface area contributed by atoms with Crippen molar-refractivity contribution in [1.82, 2.24) is 0 Å². The summed E-state index contributed by atoms with van der Waals surface area (Å²) in [6.07, 6.45) is 1.77. The van der Waals surface area contributed by atoms with Crippen molar-refractivity contribution >= 4 is 17.3 Å². The third-order valence-electron chi connectivity index (χ3n) is 2.67. The van der Waals surface area contributed by atoms with Crippen LogP contribution in [0.25, 0.3) is 0 Å². The third kappa shape index (κ3) is 2.52. The highest BCUT2D eigenvalue weighted by Gasteiger charge is 2.18. The molecule has 0 bridgehead atoms. The summed E-state index contributed by atoms with van der Waals surface area (Å²) in [4.78, 5) is 10.5. The molecule has 1 aromatic carbocycles. The van der Waals surface area contributed by atoms with Gasteiger partial charge in [0.2, 0.25) is 0 Å². The Hall–Kier alpha value is -1.85. The zero-order chi connectivity index (χ0) is 13.1. The summed E-state index contributed by atoms with van der Waals surface area (Å²) >= 11 is 5.82. The van der Waals surface area contributed by atoms with Gasteiger partial charge in [-0.25, -0.2) is 0 Å². The fourth-order valence-corrected chi connectivity index (χ4v) is 2.03. The van der Waals surface area contributed by atoms with Gasteiger partial charge in [-0.15, -0.1) is 0 Å². The van der Waals surface area contributed by atoms with Crippen LogP contribution in [0.4, 0.5) is 5.69 Å². The van der Waals surface area contributed by atoms with E-state index in [9.17, 15) is 10.1 Å². The molecule has 0 saturated carbocycles. The van der Waals surface area contributed by atoms with Gasteiger partial charge in [-0.05, 0) is 24.1 Å². The van der Waals surface area contributed by atoms with E-state index in [-0.39, 0.29) is 10.9 Å². The number of nitro groups is 1. The first-order valence-electron chi connectivity index (χ1n) is 5.30. The van der Waals surface area contributed by atoms with Crippen LogP contribution < -0.4 is 5.73 Å². The third-order valence-corrected chi connectivity index (χ3v) is 2.98. The van der Waals surface area contributed by atoms with Crippen LogP contribution in [0, 0.1) is 10.1 Å². The lowest BCUT2D eigenvalue weighted by atomic mass is 10.0. The van der Waals surface area contributed by atoms with Crippen molar-refractivity contribution in [3.63, 3.8) is 0 Å². The molecule has 18 heavy (non-hydrogen) atoms. The van der Waals surface area contributed by atoms with Crippen LogP contribution in [0.5, 0.6) is 0 Å². The molecule has 2 rings (SSSR count). The van der Waals surface area contributed by atoms with Crippen molar-refractivity contribution in [3.05, 3.63) is 63.1 Å². The van der Waals surface area contributed by atoms with Gasteiger partial charge in [0.15, 0.2) is 5.22 Å². The van der Waals surface area contributed by atoms with Gasteiger partial charge in [0, 0.05) is 23.2 Å². The monoisotopic (exact) mass is 266 g/mol. The highest BCUT2D eigenvalue weighted by molar-refractivity contribution is 6.29. The van der Waals surface area contributed by atoms with Crippen LogP contribution in [-0.2, 0) is 6.42 Å². The minimum atomic E-state index is -0.433. The molecule has 0 aliphatic carbocycles. The topological polar surface area (TPSA) is 82.3 Å². The summed E-state index contributed by atoms with van der Waals surface area (Å²) < 4.78 is 4.95. The summed E-state index contributed by atoms with van der Waals surface area (Å²) in [5, 5.41) is 11.1. The second-order valence-electron chi connectivity index (χ2n) is 3.85. The Morgan fingerprint density at radius 2 is 2.11 bits per heavy atom. The molecular formula is C12H11ClN2O3. The lowest BCUT2D eigenvalue weighted by Crippen LogP contribution is -2.13. The SMILES string of the molecule is NC(Cc1ccccc1[N+](=O)[O-])c1ccoc1Cl. The fraction of sp³-hybridized carbons (Fsp3) is 0.167. The van der Waals surface area contributed by atoms with Crippen molar-refractivity contribution in [2.75, 3.05) is 0 Å². The molecule has 0 radical (unpaired) electrons. The zero-order valence-electron chi connectivity index (χ0n) is 9.38. The van der Waals surface area contributed by atoms with Crippen molar-refractivity contribution in [2.45, 2.75) is 12.5 Å². The van der Waals surface area contributed by atoms with Crippen LogP contribution in [-0.4, -0.2) is 4.92 Å². The number of hydrogen-bond acceptors (Lipinski definition) is 4. The van der Waals surface area contributed by atoms with Gasteiger partial charge in [-0.2, -0.15) is 0 Å². The first-order chi connectivity index (χ1) is 8.59. The van der Waals surface area contributed by atoms with Gasteiger partial charge in [0.05, 0.1) is 11.2 Å². The Kier molecular flexibility index (Phi) is 3.64. The van der Waals surface area contributed by atoms with E-state index in [0.29, 0.717) is 17.5 Å². The van der Waals surface area contributed by atoms with E-state index in [1.165, 1.54) is 12.3 Å². The molecule has 2 N–H and O–H groups in total. The highest BCUT2D eigenvalue weighted by atomic mass is 35.5. The largest absolute Gasteiger partial charge is 0.453 e. The molecule has 0 aliphatic rings. The van der Waals surface area contributed by atoms with Crippen LogP contribution in [0.3, 0.4) is 0 Å². The number of furan rings is 1. The van der Waals surface area contributed by atoms with Gasteiger partial charge < -0.3 is 10.2 Å². The molecule has 0 amide bonds. The first kappa shape index (κ1) is 12.6. The average Bonchev–Trinajstić information content (AvgIpc) is 2.76. The van der Waals surface area contributed by atoms with E-state index < -0.39 is 11.0 Å². The molecule has 6 heteroatoms. The van der Waals surface area contributed by atoms with E-state index in [2.05, 4.69) is 0 Å². The van der Waals surface area contributed by atoms with Gasteiger partial charge in [-0.3, -0.25) is 10.1 Å². The molecule has 0 spiro atoms. The Bertz CT molecular complexity index is 568. The maximum atomic E-state index is 10.9. The predicted octanol–water partition coefficient (Wildman–Crippen LogP) is 3.08. The van der Waals surface area contributed by atoms with Crippen molar-refractivity contribution in [1.29, 1.82) is 0 Å². The van der Waals surface area contributed by atoms with Crippen molar-refractivity contribution < 1.29 is 9.34 Å². The summed E-state index contributed by atoms with van der Waals surface area (Å²) in [5.74, 6) is 0. The zero-order valence-corrected chi connectivity index (χ0v) is 10.1. The van der Waals surface area contributed by atoms with Crippen LogP contribution in [0.1, 0.15) is 17.2 Å². The van der Waals surface area contributed by atoms with E-state index in [1.54, 1.807) is 24.3 Å². The van der Waals surface area contributed by atoms with Crippen LogP contribution in [0.15, 0.2) is 41.0 Å². The summed E-state index contributed by atoms with van der Waals surface area (Å²) in [6, 6.07) is 7.74. The number of rotatable bonds is 4. The number of halogens is 1. The summed E-state index contributed by atoms with van der Waals surface area (Å²) in [5.41, 5.74) is 7.26. The number of nitrogens with two attached hydrogens (primary N) is 1. The number of hydrogen-bond donors (Lipinski definition) is 1. The second-order valence-corrected chi connectivity index (χ2v) is 4.19. The van der Waals surface area contributed by atoms with Crippen molar-refractivity contribution in [3.8, 4) is 0 Å². The Labute approximate surface area is 108 Å². The fourth-order valence-electron chi connectivity index (χ4n) is 1.78. The summed E-state index contributed by atoms with van der Waals surface area (Å²) in [6.45, 7) is 0. The van der Waals surface area contributed by atoms with Crippen molar-refractivity contribution in [2.24, 2.45) is 5.73 Å². The first-order valence-corrected chi connectivity index (χ1v) is 5.68. The molecule has 2 aromatic rings. The normalized spacial score (nSPS) is 12.3. The maximum absolute atomic E-state index is 10.9. The van der Waals surface area contributed by atoms with Gasteiger partial charge in [0.1, 0.15) is 0 Å². The second kappa shape index (κ2) is 5.20. The van der Waals surface area contributed by atoms with E-state index in [4.69, 9.17) is 21.8 Å². The Morgan fingerprint density at radius 3 is 2.72 bits per heavy atom. The molecule has 0 fully saturated rings. The molecule has 1 atom stereocenters. The Balaban J connectivity index is 2.25. The Morgan fingerprint density at radius 1 is 1.39 bits per heavy atom. The van der Waals surface area contributed by atoms with Crippen LogP contribution in [0.2, 0.25) is 5.22 Å². The van der Waals surface area contributed by atoms with E-state index >= 15 is 0 Å². The molecular weight excluding hydrogens is 256 g/mol. The number of benzene rings is 1. The highest BCUT2D eigenvalue weighted by Crippen LogP contribution is 2.28. The average molecular weight is 267 g/mol. The number of para-hydroxylation sites is 1. The predicted molar refractivity (Wildman–Crippen MR) is 67.4 cm³/mol. The lowest BCUT2D eigenvalue weighted by Gasteiger charge is -2.10. The van der Waals surface area contributed by atoms with Gasteiger partial charge in [0.25, 0.3) is 5.69 Å². The quantitative estimate of drug-likeness (QED) is 0.681. The van der Waals surface area contributed by atoms with Gasteiger partial charge >= 0.3 is 0 Å². The minimum Gasteiger partial charge on any atom is -0.453 e. The smallest absolute Gasteiger partial charge is 0.272 e. The standard InChI is InChI=1S/C12H11ClN2O3/c13-12-9(5-6-18-12)10(14)7-8-3-1-2-4-11(8)15(16)17/h1-6,10H,7,14H2. The molecule has 94 valence electrons. The molecule has 1 aromatic heterocycles. The van der Waals surface area contributed by atoms with E-state index in [0.717, 1.165) is 0 Å². The summed E-state index contributed by atoms with van der Waals surface area (Å²) in [7, 11) is 0. The van der Waals surface area contributed by atoms with Crippen LogP contribution >= 0.6 is 11.6 Å². The molecule has 1 unspecified atom stereocenters. The number of nitrogens with zero attached hydrogens (tertiary/aromatic N) is 1. The molecule has 0 saturated heterocycles. The van der Waals surface area contributed by atoms with Gasteiger partial charge in [-0.1, -0.05) is 18.2 Å². The van der Waals surface area contributed by atoms with E-state index in [1.807, 2.05) is 0 Å². The number of nitro benzene ring substituents is 1. The molecule has 1 heterocycles. The molecule has 5 nitrogen and oxygen atoms in total.